The number of Topliss-reactive ketones (excluding diaryl/α,β-unsaturated/α-hetero) is 1. The Labute approximate surface area is 298 Å². The zero-order valence-corrected chi connectivity index (χ0v) is 30.6. The van der Waals surface area contributed by atoms with Gasteiger partial charge in [-0.2, -0.15) is 9.59 Å². The Hall–Kier alpha value is -2.42. The number of piperidine rings is 6. The van der Waals surface area contributed by atoms with Crippen molar-refractivity contribution in [3.8, 4) is 0 Å². The highest BCUT2D eigenvalue weighted by Gasteiger charge is 2.60. The highest BCUT2D eigenvalue weighted by molar-refractivity contribution is 7.21. The van der Waals surface area contributed by atoms with Crippen molar-refractivity contribution in [1.29, 1.82) is 0 Å². The third kappa shape index (κ3) is 6.58. The molecule has 6 nitrogen and oxygen atoms in total. The highest BCUT2D eigenvalue weighted by Crippen LogP contribution is 2.58. The molecule has 2 aliphatic carbocycles. The molecule has 8 fully saturated rings. The number of carbonyl (C=O) groups excluding carboxylic acids is 3. The number of thiophene rings is 2. The van der Waals surface area contributed by atoms with Crippen LogP contribution < -0.4 is 5.73 Å². The maximum absolute atomic E-state index is 13.0. The van der Waals surface area contributed by atoms with Crippen LogP contribution >= 0.6 is 35.1 Å². The van der Waals surface area contributed by atoms with E-state index < -0.39 is 0 Å². The minimum atomic E-state index is 0. The van der Waals surface area contributed by atoms with Crippen molar-refractivity contribution in [2.45, 2.75) is 88.8 Å². The average molecular weight is 706 g/mol. The van der Waals surface area contributed by atoms with Crippen LogP contribution in [0, 0.1) is 31.6 Å². The smallest absolute Gasteiger partial charge is 0.326 e. The molecule has 9 heteroatoms. The summed E-state index contributed by atoms with van der Waals surface area (Å²) in [5.41, 5.74) is 9.82. The zero-order valence-electron chi connectivity index (χ0n) is 28.1. The monoisotopic (exact) mass is 705 g/mol. The first-order valence-electron chi connectivity index (χ1n) is 17.5. The van der Waals surface area contributed by atoms with Crippen molar-refractivity contribution in [2.24, 2.45) is 23.5 Å². The van der Waals surface area contributed by atoms with E-state index in [0.29, 0.717) is 28.8 Å². The Morgan fingerprint density at radius 3 is 1.88 bits per heavy atom. The van der Waals surface area contributed by atoms with Gasteiger partial charge in [-0.15, -0.1) is 35.1 Å². The van der Waals surface area contributed by atoms with Crippen LogP contribution in [0.2, 0.25) is 0 Å². The molecule has 256 valence electrons. The van der Waals surface area contributed by atoms with Crippen LogP contribution in [0.5, 0.6) is 0 Å². The Morgan fingerprint density at radius 2 is 1.35 bits per heavy atom. The van der Waals surface area contributed by atoms with Gasteiger partial charge in [-0.05, 0) is 149 Å². The van der Waals surface area contributed by atoms with Crippen molar-refractivity contribution in [1.82, 2.24) is 9.80 Å². The molecule has 0 radical (unpaired) electrons. The predicted octanol–water partition coefficient (Wildman–Crippen LogP) is 8.28. The molecule has 0 unspecified atom stereocenters. The fourth-order valence-electron chi connectivity index (χ4n) is 9.51. The summed E-state index contributed by atoms with van der Waals surface area (Å²) in [7, 11) is 0. The minimum absolute atomic E-state index is 0. The van der Waals surface area contributed by atoms with Crippen LogP contribution in [0.4, 0.5) is 0 Å². The maximum Gasteiger partial charge on any atom is 0.373 e. The van der Waals surface area contributed by atoms with E-state index in [4.69, 9.17) is 15.3 Å². The van der Waals surface area contributed by atoms with Gasteiger partial charge < -0.3 is 5.73 Å². The molecule has 6 aliphatic heterocycles. The number of halogens is 1. The summed E-state index contributed by atoms with van der Waals surface area (Å²) in [5, 5.41) is 4.73. The topological polar surface area (TPSA) is 83.7 Å². The van der Waals surface area contributed by atoms with Crippen molar-refractivity contribution in [3.05, 3.63) is 69.9 Å². The third-order valence-electron chi connectivity index (χ3n) is 12.3. The van der Waals surface area contributed by atoms with Gasteiger partial charge in [0.1, 0.15) is 0 Å². The molecular formula is C39H48ClN3O3S2. The van der Waals surface area contributed by atoms with Crippen LogP contribution in [0.1, 0.15) is 78.6 Å². The van der Waals surface area contributed by atoms with Crippen molar-refractivity contribution >= 4 is 67.2 Å². The van der Waals surface area contributed by atoms with Crippen LogP contribution in [-0.2, 0) is 9.59 Å². The van der Waals surface area contributed by atoms with Gasteiger partial charge in [0.05, 0.1) is 4.88 Å². The van der Waals surface area contributed by atoms with Crippen LogP contribution in [0.25, 0.3) is 20.2 Å². The molecule has 2 aromatic carbocycles. The molecule has 2 spiro atoms. The lowest BCUT2D eigenvalue weighted by atomic mass is 9.70. The number of nitrogens with two attached hydrogens (primary N) is 1. The van der Waals surface area contributed by atoms with Crippen molar-refractivity contribution in [3.63, 3.8) is 0 Å². The second kappa shape index (κ2) is 14.4. The second-order valence-electron chi connectivity index (χ2n) is 14.7. The van der Waals surface area contributed by atoms with E-state index in [2.05, 4.69) is 77.6 Å². The van der Waals surface area contributed by atoms with Crippen molar-refractivity contribution < 1.29 is 14.4 Å². The van der Waals surface area contributed by atoms with Gasteiger partial charge in [0.15, 0.2) is 5.78 Å². The lowest BCUT2D eigenvalue weighted by Gasteiger charge is -2.52. The Bertz CT molecular complexity index is 1770. The van der Waals surface area contributed by atoms with E-state index in [-0.39, 0.29) is 18.6 Å². The second-order valence-corrected chi connectivity index (χ2v) is 16.7. The molecule has 8 aliphatic rings. The third-order valence-corrected chi connectivity index (χ3v) is 14.7. The van der Waals surface area contributed by atoms with Gasteiger partial charge in [-0.25, -0.2) is 0 Å². The molecule has 4 aromatic rings. The zero-order chi connectivity index (χ0) is 32.8. The summed E-state index contributed by atoms with van der Waals surface area (Å²) in [6, 6.07) is 17.6. The molecule has 48 heavy (non-hydrogen) atoms. The fraction of sp³-hybridized carbons (Fsp3) is 0.538. The van der Waals surface area contributed by atoms with Crippen LogP contribution in [0.15, 0.2) is 53.9 Å². The van der Waals surface area contributed by atoms with Crippen LogP contribution in [-0.4, -0.2) is 65.0 Å². The fourth-order valence-corrected chi connectivity index (χ4v) is 11.5. The molecule has 2 N–H and O–H groups in total. The summed E-state index contributed by atoms with van der Waals surface area (Å²) < 4.78 is 2.70. The summed E-state index contributed by atoms with van der Waals surface area (Å²) in [6.07, 6.45) is 11.8. The van der Waals surface area contributed by atoms with Gasteiger partial charge in [0.25, 0.3) is 0 Å². The molecule has 2 atom stereocenters. The minimum Gasteiger partial charge on any atom is -0.326 e. The first-order chi connectivity index (χ1) is 22.8. The largest absolute Gasteiger partial charge is 0.373 e. The Kier molecular flexibility index (Phi) is 10.6. The van der Waals surface area contributed by atoms with E-state index in [0.717, 1.165) is 23.1 Å². The number of fused-ring (bicyclic) bond motifs is 6. The maximum atomic E-state index is 13.0. The number of aryl methyl sites for hydroxylation is 2. The lowest BCUT2D eigenvalue weighted by molar-refractivity contribution is -0.191. The molecule has 4 bridgehead atoms. The Morgan fingerprint density at radius 1 is 0.812 bits per heavy atom. The summed E-state index contributed by atoms with van der Waals surface area (Å²) in [4.78, 5) is 35.6. The number of hydrogen-bond acceptors (Lipinski definition) is 8. The van der Waals surface area contributed by atoms with Gasteiger partial charge in [-0.1, -0.05) is 36.4 Å². The SMILES string of the molecule is Cc1cccc2cc(C(=O)C[C@@H]3C4CCN(CC4)C34CC4)sc12.Cc1cccc2ccsc12.Cl.N[C@@H]1C2CCN(CC2)C12CC2.O=C=O. The molecule has 6 saturated heterocycles. The number of carbonyl (C=O) groups is 1. The molecular weight excluding hydrogens is 658 g/mol. The van der Waals surface area contributed by atoms with E-state index in [1.54, 1.807) is 11.3 Å². The Balaban J connectivity index is 0.000000134. The number of ketones is 1. The number of nitrogens with zero attached hydrogens (tertiary/aromatic N) is 2. The van der Waals surface area contributed by atoms with Gasteiger partial charge in [0.2, 0.25) is 0 Å². The highest BCUT2D eigenvalue weighted by atomic mass is 35.5. The normalized spacial score (nSPS) is 29.0. The average Bonchev–Trinajstić information content (AvgIpc) is 3.95. The summed E-state index contributed by atoms with van der Waals surface area (Å²) >= 11 is 3.51. The first kappa shape index (κ1) is 35.4. The van der Waals surface area contributed by atoms with E-state index >= 15 is 0 Å². The first-order valence-corrected chi connectivity index (χ1v) is 19.2. The molecule has 8 heterocycles. The lowest BCUT2D eigenvalue weighted by Crippen LogP contribution is -2.63. The van der Waals surface area contributed by atoms with Gasteiger partial charge in [0, 0.05) is 32.9 Å². The standard InChI is InChI=1S/C20H23NOS.C9H16N2.C9H8S.CO2.ClH/c1-13-3-2-4-15-11-18(23-19(13)15)17(22)12-16-14-5-9-21(10-6-14)20(16)7-8-20;10-8-7-1-5-11(6-2-7)9(8)3-4-9;1-7-3-2-4-8-5-6-10-9(7)8;2-1-3;/h2-4,11,14,16H,5-10,12H2,1H3;7-8H,1-6,10H2;2-6H,1H3;;1H/t16-;8-;;;/m11.../s1. The number of benzene rings is 2. The summed E-state index contributed by atoms with van der Waals surface area (Å²) in [6.45, 7) is 9.50. The predicted molar refractivity (Wildman–Crippen MR) is 198 cm³/mol. The molecule has 12 rings (SSSR count). The van der Waals surface area contributed by atoms with Gasteiger partial charge in [-0.3, -0.25) is 14.6 Å². The molecule has 2 aromatic heterocycles. The molecule has 2 saturated carbocycles. The molecule has 0 amide bonds. The number of hydrogen-bond donors (Lipinski definition) is 1. The quantitative estimate of drug-likeness (QED) is 0.216. The van der Waals surface area contributed by atoms with Crippen LogP contribution in [0.3, 0.4) is 0 Å². The van der Waals surface area contributed by atoms with E-state index in [9.17, 15) is 4.79 Å². The van der Waals surface area contributed by atoms with Crippen molar-refractivity contribution in [2.75, 3.05) is 26.2 Å². The van der Waals surface area contributed by atoms with E-state index in [1.807, 2.05) is 11.3 Å². The summed E-state index contributed by atoms with van der Waals surface area (Å²) in [5.74, 6) is 2.66. The van der Waals surface area contributed by atoms with E-state index in [1.165, 1.54) is 109 Å². The van der Waals surface area contributed by atoms with Gasteiger partial charge >= 0.3 is 6.15 Å². The number of rotatable bonds is 3.